The molecule has 1 atom stereocenters. The first kappa shape index (κ1) is 17.6. The molecule has 2 rings (SSSR count). The SMILES string of the molecule is CC(NC1CCN(C(=O)OC(C)(C)C)CC1)c1ccccc1O. The summed E-state index contributed by atoms with van der Waals surface area (Å²) < 4.78 is 5.41. The second-order valence-corrected chi connectivity index (χ2v) is 7.19. The van der Waals surface area contributed by atoms with Crippen LogP contribution < -0.4 is 5.32 Å². The first-order chi connectivity index (χ1) is 10.8. The van der Waals surface area contributed by atoms with Gasteiger partial charge in [-0.15, -0.1) is 0 Å². The van der Waals surface area contributed by atoms with Crippen LogP contribution in [0.2, 0.25) is 0 Å². The maximum atomic E-state index is 12.1. The molecule has 5 nitrogen and oxygen atoms in total. The zero-order valence-electron chi connectivity index (χ0n) is 14.5. The number of amides is 1. The first-order valence-electron chi connectivity index (χ1n) is 8.28. The van der Waals surface area contributed by atoms with E-state index < -0.39 is 5.60 Å². The molecule has 1 heterocycles. The molecule has 128 valence electrons. The van der Waals surface area contributed by atoms with Gasteiger partial charge in [-0.2, -0.15) is 0 Å². The number of phenolic OH excluding ortho intramolecular Hbond substituents is 1. The molecule has 0 spiro atoms. The molecule has 2 N–H and O–H groups in total. The van der Waals surface area contributed by atoms with E-state index in [1.54, 1.807) is 11.0 Å². The van der Waals surface area contributed by atoms with Crippen molar-refractivity contribution in [1.82, 2.24) is 10.2 Å². The average Bonchev–Trinajstić information content (AvgIpc) is 2.46. The summed E-state index contributed by atoms with van der Waals surface area (Å²) in [7, 11) is 0. The fourth-order valence-electron chi connectivity index (χ4n) is 2.85. The number of piperidine rings is 1. The van der Waals surface area contributed by atoms with Crippen molar-refractivity contribution in [3.8, 4) is 5.75 Å². The summed E-state index contributed by atoms with van der Waals surface area (Å²) in [6.07, 6.45) is 1.54. The van der Waals surface area contributed by atoms with Gasteiger partial charge in [0.2, 0.25) is 0 Å². The molecule has 0 aromatic heterocycles. The predicted octanol–water partition coefficient (Wildman–Crippen LogP) is 3.44. The van der Waals surface area contributed by atoms with Crippen LogP contribution in [-0.2, 0) is 4.74 Å². The summed E-state index contributed by atoms with van der Waals surface area (Å²) in [4.78, 5) is 13.8. The normalized spacial score (nSPS) is 17.8. The Bertz CT molecular complexity index is 531. The third kappa shape index (κ3) is 5.13. The Morgan fingerprint density at radius 3 is 2.48 bits per heavy atom. The van der Waals surface area contributed by atoms with Gasteiger partial charge in [-0.05, 0) is 46.6 Å². The smallest absolute Gasteiger partial charge is 0.410 e. The van der Waals surface area contributed by atoms with Gasteiger partial charge in [0.15, 0.2) is 0 Å². The quantitative estimate of drug-likeness (QED) is 0.895. The molecule has 1 aromatic rings. The van der Waals surface area contributed by atoms with Crippen LogP contribution in [0, 0.1) is 0 Å². The van der Waals surface area contributed by atoms with Crippen LogP contribution in [0.15, 0.2) is 24.3 Å². The fourth-order valence-corrected chi connectivity index (χ4v) is 2.85. The van der Waals surface area contributed by atoms with Crippen molar-refractivity contribution in [3.63, 3.8) is 0 Å². The van der Waals surface area contributed by atoms with E-state index in [1.165, 1.54) is 0 Å². The number of aromatic hydroxyl groups is 1. The van der Waals surface area contributed by atoms with Crippen LogP contribution in [0.25, 0.3) is 0 Å². The number of hydrogen-bond acceptors (Lipinski definition) is 4. The molecular formula is C18H28N2O3. The van der Waals surface area contributed by atoms with Crippen molar-refractivity contribution in [2.45, 2.75) is 58.2 Å². The molecule has 1 aliphatic heterocycles. The molecule has 0 radical (unpaired) electrons. The lowest BCUT2D eigenvalue weighted by atomic mass is 10.0. The second kappa shape index (κ2) is 7.21. The molecule has 0 bridgehead atoms. The monoisotopic (exact) mass is 320 g/mol. The van der Waals surface area contributed by atoms with Crippen molar-refractivity contribution < 1.29 is 14.6 Å². The minimum atomic E-state index is -0.453. The van der Waals surface area contributed by atoms with Crippen LogP contribution in [0.4, 0.5) is 4.79 Å². The van der Waals surface area contributed by atoms with Gasteiger partial charge in [0.25, 0.3) is 0 Å². The molecule has 5 heteroatoms. The van der Waals surface area contributed by atoms with Gasteiger partial charge in [0.05, 0.1) is 0 Å². The number of ether oxygens (including phenoxy) is 1. The van der Waals surface area contributed by atoms with Gasteiger partial charge in [0, 0.05) is 30.7 Å². The lowest BCUT2D eigenvalue weighted by Crippen LogP contribution is -2.46. The summed E-state index contributed by atoms with van der Waals surface area (Å²) in [5.41, 5.74) is 0.452. The van der Waals surface area contributed by atoms with Crippen molar-refractivity contribution >= 4 is 6.09 Å². The molecule has 1 aromatic carbocycles. The summed E-state index contributed by atoms with van der Waals surface area (Å²) in [6.45, 7) is 9.09. The standard InChI is InChI=1S/C18H28N2O3/c1-13(15-7-5-6-8-16(15)21)19-14-9-11-20(12-10-14)17(22)23-18(2,3)4/h5-8,13-14,19,21H,9-12H2,1-4H3. The predicted molar refractivity (Wildman–Crippen MR) is 90.5 cm³/mol. The molecule has 1 fully saturated rings. The van der Waals surface area contributed by atoms with Crippen molar-refractivity contribution in [3.05, 3.63) is 29.8 Å². The third-order valence-electron chi connectivity index (χ3n) is 4.04. The number of phenols is 1. The number of nitrogens with zero attached hydrogens (tertiary/aromatic N) is 1. The highest BCUT2D eigenvalue weighted by Crippen LogP contribution is 2.25. The number of hydrogen-bond donors (Lipinski definition) is 2. The van der Waals surface area contributed by atoms with Crippen molar-refractivity contribution in [1.29, 1.82) is 0 Å². The zero-order valence-corrected chi connectivity index (χ0v) is 14.5. The highest BCUT2D eigenvalue weighted by molar-refractivity contribution is 5.68. The summed E-state index contributed by atoms with van der Waals surface area (Å²) in [5, 5.41) is 13.5. The van der Waals surface area contributed by atoms with Gasteiger partial charge in [-0.3, -0.25) is 0 Å². The van der Waals surface area contributed by atoms with Crippen LogP contribution >= 0.6 is 0 Å². The minimum absolute atomic E-state index is 0.0780. The molecule has 1 saturated heterocycles. The highest BCUT2D eigenvalue weighted by atomic mass is 16.6. The minimum Gasteiger partial charge on any atom is -0.508 e. The largest absolute Gasteiger partial charge is 0.508 e. The van der Waals surface area contributed by atoms with E-state index in [0.717, 1.165) is 18.4 Å². The number of carbonyl (C=O) groups is 1. The average molecular weight is 320 g/mol. The number of para-hydroxylation sites is 1. The van der Waals surface area contributed by atoms with Gasteiger partial charge in [-0.25, -0.2) is 4.79 Å². The Hall–Kier alpha value is -1.75. The first-order valence-corrected chi connectivity index (χ1v) is 8.28. The second-order valence-electron chi connectivity index (χ2n) is 7.19. The van der Waals surface area contributed by atoms with Crippen LogP contribution in [-0.4, -0.2) is 40.8 Å². The zero-order chi connectivity index (χ0) is 17.0. The Labute approximate surface area is 138 Å². The lowest BCUT2D eigenvalue weighted by molar-refractivity contribution is 0.0196. The number of nitrogens with one attached hydrogen (secondary N) is 1. The Morgan fingerprint density at radius 2 is 1.91 bits per heavy atom. The molecule has 1 unspecified atom stereocenters. The Balaban J connectivity index is 1.83. The molecule has 1 amide bonds. The van der Waals surface area contributed by atoms with Crippen molar-refractivity contribution in [2.24, 2.45) is 0 Å². The van der Waals surface area contributed by atoms with Gasteiger partial charge in [0.1, 0.15) is 11.4 Å². The summed E-state index contributed by atoms with van der Waals surface area (Å²) in [5.74, 6) is 0.318. The molecule has 0 saturated carbocycles. The van der Waals surface area contributed by atoms with Gasteiger partial charge < -0.3 is 20.1 Å². The fraction of sp³-hybridized carbons (Fsp3) is 0.611. The maximum absolute atomic E-state index is 12.1. The van der Waals surface area contributed by atoms with Gasteiger partial charge in [-0.1, -0.05) is 18.2 Å². The molecule has 0 aliphatic carbocycles. The molecular weight excluding hydrogens is 292 g/mol. The van der Waals surface area contributed by atoms with Crippen LogP contribution in [0.5, 0.6) is 5.75 Å². The highest BCUT2D eigenvalue weighted by Gasteiger charge is 2.27. The number of carbonyl (C=O) groups excluding carboxylic acids is 1. The Kier molecular flexibility index (Phi) is 5.52. The van der Waals surface area contributed by atoms with E-state index in [4.69, 9.17) is 4.74 Å². The third-order valence-corrected chi connectivity index (χ3v) is 4.04. The Morgan fingerprint density at radius 1 is 1.30 bits per heavy atom. The van der Waals surface area contributed by atoms with E-state index in [-0.39, 0.29) is 12.1 Å². The topological polar surface area (TPSA) is 61.8 Å². The number of likely N-dealkylation sites (tertiary alicyclic amines) is 1. The van der Waals surface area contributed by atoms with E-state index in [0.29, 0.717) is 24.9 Å². The van der Waals surface area contributed by atoms with E-state index in [9.17, 15) is 9.90 Å². The van der Waals surface area contributed by atoms with Gasteiger partial charge >= 0.3 is 6.09 Å². The lowest BCUT2D eigenvalue weighted by Gasteiger charge is -2.35. The van der Waals surface area contributed by atoms with E-state index in [1.807, 2.05) is 39.0 Å². The van der Waals surface area contributed by atoms with Crippen LogP contribution in [0.1, 0.15) is 52.1 Å². The number of rotatable bonds is 3. The van der Waals surface area contributed by atoms with E-state index in [2.05, 4.69) is 12.2 Å². The maximum Gasteiger partial charge on any atom is 0.410 e. The summed E-state index contributed by atoms with van der Waals surface area (Å²) in [6, 6.07) is 7.81. The molecule has 1 aliphatic rings. The van der Waals surface area contributed by atoms with Crippen molar-refractivity contribution in [2.75, 3.05) is 13.1 Å². The summed E-state index contributed by atoms with van der Waals surface area (Å²) >= 11 is 0. The van der Waals surface area contributed by atoms with E-state index >= 15 is 0 Å². The number of benzene rings is 1. The van der Waals surface area contributed by atoms with Crippen LogP contribution in [0.3, 0.4) is 0 Å². The molecule has 23 heavy (non-hydrogen) atoms.